The molecule has 1 aromatic carbocycles. The van der Waals surface area contributed by atoms with Crippen LogP contribution in [0.3, 0.4) is 0 Å². The van der Waals surface area contributed by atoms with Gasteiger partial charge in [-0.1, -0.05) is 35.4 Å². The number of hydrogen-bond acceptors (Lipinski definition) is 2. The van der Waals surface area contributed by atoms with Crippen molar-refractivity contribution >= 4 is 0 Å². The van der Waals surface area contributed by atoms with Gasteiger partial charge in [0.15, 0.2) is 0 Å². The molecule has 2 rings (SSSR count). The van der Waals surface area contributed by atoms with Crippen molar-refractivity contribution < 1.29 is 0 Å². The summed E-state index contributed by atoms with van der Waals surface area (Å²) < 4.78 is 0. The van der Waals surface area contributed by atoms with Gasteiger partial charge < -0.3 is 5.73 Å². The Kier molecular flexibility index (Phi) is 3.02. The fourth-order valence-electron chi connectivity index (χ4n) is 1.86. The van der Waals surface area contributed by atoms with Crippen LogP contribution in [0.25, 0.3) is 11.1 Å². The van der Waals surface area contributed by atoms with E-state index in [0.717, 1.165) is 11.3 Å². The molecule has 0 saturated heterocycles. The Labute approximate surface area is 96.1 Å². The monoisotopic (exact) mass is 212 g/mol. The van der Waals surface area contributed by atoms with E-state index in [1.807, 2.05) is 12.3 Å². The zero-order valence-electron chi connectivity index (χ0n) is 9.70. The molecule has 2 aromatic rings. The average molecular weight is 212 g/mol. The van der Waals surface area contributed by atoms with Crippen LogP contribution in [0.2, 0.25) is 0 Å². The van der Waals surface area contributed by atoms with Gasteiger partial charge >= 0.3 is 0 Å². The molecule has 16 heavy (non-hydrogen) atoms. The second-order valence-electron chi connectivity index (χ2n) is 4.12. The van der Waals surface area contributed by atoms with Gasteiger partial charge in [0.1, 0.15) is 0 Å². The van der Waals surface area contributed by atoms with E-state index < -0.39 is 0 Å². The van der Waals surface area contributed by atoms with Crippen molar-refractivity contribution in [1.82, 2.24) is 4.98 Å². The van der Waals surface area contributed by atoms with Crippen molar-refractivity contribution in [2.45, 2.75) is 20.4 Å². The van der Waals surface area contributed by atoms with E-state index in [4.69, 9.17) is 5.73 Å². The zero-order chi connectivity index (χ0) is 11.5. The Balaban J connectivity index is 2.42. The molecule has 0 fully saturated rings. The highest BCUT2D eigenvalue weighted by Crippen LogP contribution is 2.21. The van der Waals surface area contributed by atoms with Crippen LogP contribution in [-0.2, 0) is 6.54 Å². The van der Waals surface area contributed by atoms with Gasteiger partial charge in [0, 0.05) is 18.3 Å². The van der Waals surface area contributed by atoms with E-state index >= 15 is 0 Å². The normalized spacial score (nSPS) is 10.4. The second kappa shape index (κ2) is 4.45. The van der Waals surface area contributed by atoms with E-state index in [1.54, 1.807) is 0 Å². The molecule has 0 aliphatic carbocycles. The highest BCUT2D eigenvalue weighted by Gasteiger charge is 2.00. The standard InChI is InChI=1S/C14H16N2/c1-10-5-11(2)7-13(6-10)12-3-4-14(8-15)16-9-12/h3-7,9H,8,15H2,1-2H3. The molecular weight excluding hydrogens is 196 g/mol. The van der Waals surface area contributed by atoms with Crippen molar-refractivity contribution in [3.63, 3.8) is 0 Å². The second-order valence-corrected chi connectivity index (χ2v) is 4.12. The number of nitrogens with zero attached hydrogens (tertiary/aromatic N) is 1. The van der Waals surface area contributed by atoms with Crippen LogP contribution in [-0.4, -0.2) is 4.98 Å². The lowest BCUT2D eigenvalue weighted by Gasteiger charge is -2.05. The summed E-state index contributed by atoms with van der Waals surface area (Å²) in [7, 11) is 0. The van der Waals surface area contributed by atoms with Crippen molar-refractivity contribution in [1.29, 1.82) is 0 Å². The van der Waals surface area contributed by atoms with Gasteiger partial charge in [-0.25, -0.2) is 0 Å². The predicted octanol–water partition coefficient (Wildman–Crippen LogP) is 2.82. The summed E-state index contributed by atoms with van der Waals surface area (Å²) in [6.07, 6.45) is 1.89. The van der Waals surface area contributed by atoms with Gasteiger partial charge in [0.2, 0.25) is 0 Å². The summed E-state index contributed by atoms with van der Waals surface area (Å²) >= 11 is 0. The lowest BCUT2D eigenvalue weighted by Crippen LogP contribution is -1.98. The van der Waals surface area contributed by atoms with Gasteiger partial charge in [-0.2, -0.15) is 0 Å². The molecule has 0 bridgehead atoms. The summed E-state index contributed by atoms with van der Waals surface area (Å²) in [5, 5.41) is 0. The van der Waals surface area contributed by atoms with E-state index in [9.17, 15) is 0 Å². The molecule has 2 N–H and O–H groups in total. The molecular formula is C14H16N2. The smallest absolute Gasteiger partial charge is 0.0539 e. The minimum Gasteiger partial charge on any atom is -0.325 e. The summed E-state index contributed by atoms with van der Waals surface area (Å²) in [4.78, 5) is 4.31. The quantitative estimate of drug-likeness (QED) is 0.831. The fraction of sp³-hybridized carbons (Fsp3) is 0.214. The number of aromatic nitrogens is 1. The molecule has 0 atom stereocenters. The van der Waals surface area contributed by atoms with Crippen LogP contribution in [0.4, 0.5) is 0 Å². The minimum atomic E-state index is 0.493. The molecule has 0 aliphatic heterocycles. The van der Waals surface area contributed by atoms with Crippen LogP contribution in [0.15, 0.2) is 36.5 Å². The van der Waals surface area contributed by atoms with E-state index in [0.29, 0.717) is 6.54 Å². The molecule has 0 spiro atoms. The van der Waals surface area contributed by atoms with Crippen molar-refractivity contribution in [3.05, 3.63) is 53.3 Å². The number of aryl methyl sites for hydroxylation is 2. The van der Waals surface area contributed by atoms with Crippen LogP contribution in [0.5, 0.6) is 0 Å². The van der Waals surface area contributed by atoms with Crippen molar-refractivity contribution in [3.8, 4) is 11.1 Å². The molecule has 0 unspecified atom stereocenters. The van der Waals surface area contributed by atoms with Crippen molar-refractivity contribution in [2.75, 3.05) is 0 Å². The first-order valence-electron chi connectivity index (χ1n) is 5.43. The maximum absolute atomic E-state index is 5.52. The third-order valence-electron chi connectivity index (χ3n) is 2.59. The Morgan fingerprint density at radius 1 is 1.00 bits per heavy atom. The Bertz CT molecular complexity index is 466. The number of rotatable bonds is 2. The number of nitrogens with two attached hydrogens (primary N) is 1. The fourth-order valence-corrected chi connectivity index (χ4v) is 1.86. The molecule has 1 aromatic heterocycles. The molecule has 1 heterocycles. The third-order valence-corrected chi connectivity index (χ3v) is 2.59. The van der Waals surface area contributed by atoms with E-state index in [1.165, 1.54) is 16.7 Å². The molecule has 0 amide bonds. The molecule has 2 nitrogen and oxygen atoms in total. The predicted molar refractivity (Wildman–Crippen MR) is 67.0 cm³/mol. The Hall–Kier alpha value is -1.67. The van der Waals surface area contributed by atoms with Gasteiger partial charge in [-0.3, -0.25) is 4.98 Å². The molecule has 82 valence electrons. The number of benzene rings is 1. The van der Waals surface area contributed by atoms with E-state index in [-0.39, 0.29) is 0 Å². The maximum atomic E-state index is 5.52. The molecule has 2 heteroatoms. The van der Waals surface area contributed by atoms with E-state index in [2.05, 4.69) is 43.1 Å². The summed E-state index contributed by atoms with van der Waals surface area (Å²) in [5.74, 6) is 0. The molecule has 0 radical (unpaired) electrons. The summed E-state index contributed by atoms with van der Waals surface area (Å²) in [6.45, 7) is 4.71. The van der Waals surface area contributed by atoms with Gasteiger partial charge in [-0.05, 0) is 25.5 Å². The van der Waals surface area contributed by atoms with Crippen LogP contribution in [0, 0.1) is 13.8 Å². The minimum absolute atomic E-state index is 0.493. The van der Waals surface area contributed by atoms with Crippen molar-refractivity contribution in [2.24, 2.45) is 5.73 Å². The average Bonchev–Trinajstić information content (AvgIpc) is 2.28. The lowest BCUT2D eigenvalue weighted by molar-refractivity contribution is 0.991. The number of hydrogen-bond donors (Lipinski definition) is 1. The molecule has 0 aliphatic rings. The van der Waals surface area contributed by atoms with Crippen LogP contribution < -0.4 is 5.73 Å². The first-order valence-corrected chi connectivity index (χ1v) is 5.43. The van der Waals surface area contributed by atoms with Gasteiger partial charge in [0.25, 0.3) is 0 Å². The topological polar surface area (TPSA) is 38.9 Å². The summed E-state index contributed by atoms with van der Waals surface area (Å²) in [5.41, 5.74) is 11.4. The Morgan fingerprint density at radius 3 is 2.19 bits per heavy atom. The zero-order valence-corrected chi connectivity index (χ0v) is 9.70. The Morgan fingerprint density at radius 2 is 1.69 bits per heavy atom. The third kappa shape index (κ3) is 2.28. The lowest BCUT2D eigenvalue weighted by atomic mass is 10.0. The SMILES string of the molecule is Cc1cc(C)cc(-c2ccc(CN)nc2)c1. The van der Waals surface area contributed by atoms with Gasteiger partial charge in [0.05, 0.1) is 5.69 Å². The highest BCUT2D eigenvalue weighted by atomic mass is 14.7. The first kappa shape index (κ1) is 10.8. The number of pyridine rings is 1. The first-order chi connectivity index (χ1) is 7.69. The summed E-state index contributed by atoms with van der Waals surface area (Å²) in [6, 6.07) is 10.6. The van der Waals surface area contributed by atoms with Crippen LogP contribution >= 0.6 is 0 Å². The highest BCUT2D eigenvalue weighted by molar-refractivity contribution is 5.64. The maximum Gasteiger partial charge on any atom is 0.0539 e. The largest absolute Gasteiger partial charge is 0.325 e. The van der Waals surface area contributed by atoms with Gasteiger partial charge in [-0.15, -0.1) is 0 Å². The molecule has 0 saturated carbocycles. The van der Waals surface area contributed by atoms with Crippen LogP contribution in [0.1, 0.15) is 16.8 Å².